The molecule has 0 spiro atoms. The third-order valence-electron chi connectivity index (χ3n) is 5.48. The van der Waals surface area contributed by atoms with Gasteiger partial charge in [-0.25, -0.2) is 0 Å². The second kappa shape index (κ2) is 10.7. The Hall–Kier alpha value is -2.54. The Kier molecular flexibility index (Phi) is 7.46. The fraction of sp³-hybridized carbons (Fsp3) is 0.308. The molecule has 4 atom stereocenters. The average molecular weight is 422 g/mol. The number of benzene rings is 3. The first kappa shape index (κ1) is 21.7. The molecule has 1 saturated heterocycles. The number of rotatable bonds is 8. The number of aliphatic hydroxyl groups excluding tert-OH is 2. The fourth-order valence-corrected chi connectivity index (χ4v) is 3.83. The van der Waals surface area contributed by atoms with E-state index in [0.29, 0.717) is 19.8 Å². The molecule has 1 unspecified atom stereocenters. The lowest BCUT2D eigenvalue weighted by molar-refractivity contribution is -0.378. The molecule has 1 fully saturated rings. The second-order valence-corrected chi connectivity index (χ2v) is 7.81. The Morgan fingerprint density at radius 1 is 0.645 bits per heavy atom. The molecule has 0 saturated carbocycles. The van der Waals surface area contributed by atoms with Gasteiger partial charge in [0, 0.05) is 5.56 Å². The molecule has 1 aliphatic rings. The molecule has 0 radical (unpaired) electrons. The predicted octanol–water partition coefficient (Wildman–Crippen LogP) is 3.60. The molecule has 31 heavy (non-hydrogen) atoms. The lowest BCUT2D eigenvalue weighted by atomic mass is 10.0. The Morgan fingerprint density at radius 2 is 1.10 bits per heavy atom. The molecule has 1 aliphatic heterocycles. The monoisotopic (exact) mass is 421 g/mol. The van der Waals surface area contributed by atoms with Crippen molar-refractivity contribution in [2.75, 3.05) is 6.61 Å². The van der Waals surface area contributed by atoms with Crippen molar-refractivity contribution < 1.29 is 24.1 Å². The van der Waals surface area contributed by atoms with Crippen LogP contribution in [0.1, 0.15) is 16.7 Å². The highest BCUT2D eigenvalue weighted by Gasteiger charge is 2.49. The van der Waals surface area contributed by atoms with Crippen molar-refractivity contribution >= 4 is 0 Å². The fourth-order valence-electron chi connectivity index (χ4n) is 3.83. The van der Waals surface area contributed by atoms with Crippen molar-refractivity contribution in [1.29, 1.82) is 0 Å². The van der Waals surface area contributed by atoms with Crippen LogP contribution in [0.5, 0.6) is 0 Å². The van der Waals surface area contributed by atoms with E-state index in [4.69, 9.17) is 9.47 Å². The Morgan fingerprint density at radius 3 is 1.61 bits per heavy atom. The first-order chi connectivity index (χ1) is 15.2. The van der Waals surface area contributed by atoms with Crippen molar-refractivity contribution in [2.45, 2.75) is 44.4 Å². The van der Waals surface area contributed by atoms with Crippen LogP contribution in [0.15, 0.2) is 91.0 Å². The third-order valence-corrected chi connectivity index (χ3v) is 5.48. The summed E-state index contributed by atoms with van der Waals surface area (Å²) in [5, 5.41) is 22.0. The van der Waals surface area contributed by atoms with Crippen LogP contribution in [-0.2, 0) is 33.7 Å². The Labute approximate surface area is 183 Å². The van der Waals surface area contributed by atoms with E-state index in [1.54, 1.807) is 0 Å². The summed E-state index contributed by atoms with van der Waals surface area (Å²) in [7, 11) is 0. The van der Waals surface area contributed by atoms with Gasteiger partial charge in [0.1, 0.15) is 6.10 Å². The summed E-state index contributed by atoms with van der Waals surface area (Å²) in [5.41, 5.74) is 3.03. The molecule has 162 valence electrons. The SMILES string of the molecule is OC1[C@H](OCc2ccccc2)[C@H](OCc2ccccc2)[C@H](O)C[O+]1Cc1ccccc1. The highest BCUT2D eigenvalue weighted by atomic mass is 16.8. The van der Waals surface area contributed by atoms with Crippen LogP contribution in [0.25, 0.3) is 0 Å². The van der Waals surface area contributed by atoms with Gasteiger partial charge in [0.05, 0.1) is 13.2 Å². The summed E-state index contributed by atoms with van der Waals surface area (Å²) in [4.78, 5) is 0. The first-order valence-electron chi connectivity index (χ1n) is 10.6. The van der Waals surface area contributed by atoms with Gasteiger partial charge in [0.2, 0.25) is 0 Å². The minimum Gasteiger partial charge on any atom is -0.391 e. The van der Waals surface area contributed by atoms with E-state index in [9.17, 15) is 10.2 Å². The van der Waals surface area contributed by atoms with Crippen molar-refractivity contribution in [1.82, 2.24) is 0 Å². The van der Waals surface area contributed by atoms with E-state index in [2.05, 4.69) is 4.37 Å². The summed E-state index contributed by atoms with van der Waals surface area (Å²) in [6.45, 7) is 1.32. The minimum atomic E-state index is -0.979. The molecule has 0 amide bonds. The van der Waals surface area contributed by atoms with Gasteiger partial charge in [-0.2, -0.15) is 0 Å². The molecule has 2 N–H and O–H groups in total. The Balaban J connectivity index is 1.49. The highest BCUT2D eigenvalue weighted by molar-refractivity contribution is 5.15. The Bertz CT molecular complexity index is 903. The van der Waals surface area contributed by atoms with Crippen LogP contribution in [-0.4, -0.2) is 41.4 Å². The zero-order valence-electron chi connectivity index (χ0n) is 17.4. The van der Waals surface area contributed by atoms with Gasteiger partial charge in [-0.3, -0.25) is 0 Å². The van der Waals surface area contributed by atoms with Crippen LogP contribution < -0.4 is 0 Å². The molecular formula is C26H29O5+. The molecular weight excluding hydrogens is 392 g/mol. The van der Waals surface area contributed by atoms with Gasteiger partial charge >= 0.3 is 0 Å². The number of hydrogen-bond donors (Lipinski definition) is 2. The molecule has 0 aromatic heterocycles. The molecule has 0 aliphatic carbocycles. The summed E-state index contributed by atoms with van der Waals surface area (Å²) in [5.74, 6) is 0. The van der Waals surface area contributed by atoms with Crippen LogP contribution in [0.4, 0.5) is 0 Å². The topological polar surface area (TPSA) is 61.6 Å². The second-order valence-electron chi connectivity index (χ2n) is 7.81. The molecule has 5 nitrogen and oxygen atoms in total. The first-order valence-corrected chi connectivity index (χ1v) is 10.6. The normalized spacial score (nSPS) is 24.2. The van der Waals surface area contributed by atoms with Crippen molar-refractivity contribution in [3.8, 4) is 0 Å². The molecule has 1 heterocycles. The smallest absolute Gasteiger partial charge is 0.293 e. The maximum atomic E-state index is 11.1. The summed E-state index contributed by atoms with van der Waals surface area (Å²) in [6, 6.07) is 29.4. The van der Waals surface area contributed by atoms with Gasteiger partial charge in [-0.05, 0) is 11.1 Å². The quantitative estimate of drug-likeness (QED) is 0.546. The van der Waals surface area contributed by atoms with Crippen molar-refractivity contribution in [3.63, 3.8) is 0 Å². The molecule has 5 heteroatoms. The third kappa shape index (κ3) is 5.79. The van der Waals surface area contributed by atoms with Crippen LogP contribution in [0.2, 0.25) is 0 Å². The van der Waals surface area contributed by atoms with Crippen molar-refractivity contribution in [3.05, 3.63) is 108 Å². The summed E-state index contributed by atoms with van der Waals surface area (Å²) in [6.07, 6.45) is -3.17. The zero-order valence-corrected chi connectivity index (χ0v) is 17.4. The number of ether oxygens (including phenoxy) is 2. The average Bonchev–Trinajstić information content (AvgIpc) is 2.81. The largest absolute Gasteiger partial charge is 0.391 e. The van der Waals surface area contributed by atoms with Crippen LogP contribution >= 0.6 is 0 Å². The minimum absolute atomic E-state index is 0.223. The highest BCUT2D eigenvalue weighted by Crippen LogP contribution is 2.29. The van der Waals surface area contributed by atoms with Crippen LogP contribution in [0, 0.1) is 0 Å². The van der Waals surface area contributed by atoms with E-state index >= 15 is 0 Å². The van der Waals surface area contributed by atoms with E-state index in [1.165, 1.54) is 0 Å². The van der Waals surface area contributed by atoms with E-state index in [1.807, 2.05) is 91.0 Å². The molecule has 4 rings (SSSR count). The molecule has 3 aromatic rings. The zero-order chi connectivity index (χ0) is 21.5. The predicted molar refractivity (Wildman–Crippen MR) is 118 cm³/mol. The number of aliphatic hydroxyl groups is 2. The lowest BCUT2D eigenvalue weighted by Gasteiger charge is -2.41. The molecule has 3 aromatic carbocycles. The van der Waals surface area contributed by atoms with Gasteiger partial charge in [-0.15, -0.1) is 0 Å². The van der Waals surface area contributed by atoms with Crippen LogP contribution in [0.3, 0.4) is 0 Å². The molecule has 0 bridgehead atoms. The van der Waals surface area contributed by atoms with E-state index in [-0.39, 0.29) is 6.61 Å². The van der Waals surface area contributed by atoms with Gasteiger partial charge in [-0.1, -0.05) is 91.0 Å². The van der Waals surface area contributed by atoms with Gasteiger partial charge in [0.25, 0.3) is 6.29 Å². The van der Waals surface area contributed by atoms with E-state index < -0.39 is 24.6 Å². The summed E-state index contributed by atoms with van der Waals surface area (Å²) < 4.78 is 15.0. The lowest BCUT2D eigenvalue weighted by Crippen LogP contribution is -2.59. The van der Waals surface area contributed by atoms with Gasteiger partial charge < -0.3 is 24.1 Å². The summed E-state index contributed by atoms with van der Waals surface area (Å²) >= 11 is 0. The maximum Gasteiger partial charge on any atom is 0.293 e. The van der Waals surface area contributed by atoms with Gasteiger partial charge in [0.15, 0.2) is 25.4 Å². The standard InChI is InChI=1S/C26H29O5/c27-23-19-31(18-22-14-8-3-9-15-22)26(28)25(30-17-21-12-6-2-7-13-21)24(23)29-16-20-10-4-1-5-11-20/h1-15,23-28H,16-19H2/q+1/t23-,24-,25-,26?/m1/s1. The number of hydrogen-bond acceptors (Lipinski definition) is 4. The maximum absolute atomic E-state index is 11.1. The van der Waals surface area contributed by atoms with Crippen molar-refractivity contribution in [2.24, 2.45) is 0 Å². The van der Waals surface area contributed by atoms with E-state index in [0.717, 1.165) is 16.7 Å².